The van der Waals surface area contributed by atoms with Crippen LogP contribution in [0.3, 0.4) is 0 Å². The number of nitrogens with zero attached hydrogens (tertiary/aromatic N) is 1. The molecule has 0 aliphatic carbocycles. The van der Waals surface area contributed by atoms with Crippen molar-refractivity contribution in [1.29, 1.82) is 0 Å². The monoisotopic (exact) mass is 414 g/mol. The molecule has 1 N–H and O–H groups in total. The Balaban J connectivity index is 1.82. The lowest BCUT2D eigenvalue weighted by Gasteiger charge is -2.12. The van der Waals surface area contributed by atoms with Gasteiger partial charge >= 0.3 is 5.97 Å². The Morgan fingerprint density at radius 1 is 1.17 bits per heavy atom. The molecule has 0 bridgehead atoms. The second-order valence-corrected chi connectivity index (χ2v) is 7.88. The van der Waals surface area contributed by atoms with E-state index < -0.39 is 11.9 Å². The van der Waals surface area contributed by atoms with E-state index in [0.717, 1.165) is 21.8 Å². The maximum Gasteiger partial charge on any atom is 0.340 e. The summed E-state index contributed by atoms with van der Waals surface area (Å²) in [6, 6.07) is 7.56. The van der Waals surface area contributed by atoms with Crippen molar-refractivity contribution in [1.82, 2.24) is 5.16 Å². The summed E-state index contributed by atoms with van der Waals surface area (Å²) in [6.45, 7) is 7.63. The quantitative estimate of drug-likeness (QED) is 0.594. The van der Waals surface area contributed by atoms with Crippen LogP contribution in [-0.2, 0) is 11.3 Å². The lowest BCUT2D eigenvalue weighted by atomic mass is 10.1. The summed E-state index contributed by atoms with van der Waals surface area (Å²) in [5.41, 5.74) is 2.98. The van der Waals surface area contributed by atoms with Gasteiger partial charge in [0.2, 0.25) is 0 Å². The standard InChI is InChI=1S/C21H22N2O5S/c1-11-7-6-8-12(2)18(11)27-10-16-14(4)28-23-17(16)19(24)22-20-15(21(25)26-5)9-13(3)29-20/h6-9H,10H2,1-5H3,(H,22,24). The number of carbonyl (C=O) groups excluding carboxylic acids is 2. The SMILES string of the molecule is COC(=O)c1cc(C)sc1NC(=O)c1noc(C)c1COc1c(C)cccc1C. The number of nitrogens with one attached hydrogen (secondary N) is 1. The molecule has 0 saturated heterocycles. The van der Waals surface area contributed by atoms with Crippen LogP contribution >= 0.6 is 11.3 Å². The fraction of sp³-hybridized carbons (Fsp3) is 0.286. The average Bonchev–Trinajstić information content (AvgIpc) is 3.23. The fourth-order valence-corrected chi connectivity index (χ4v) is 3.84. The first kappa shape index (κ1) is 20.6. The van der Waals surface area contributed by atoms with Gasteiger partial charge in [-0.1, -0.05) is 23.4 Å². The molecule has 2 heterocycles. The Morgan fingerprint density at radius 3 is 2.52 bits per heavy atom. The van der Waals surface area contributed by atoms with Crippen LogP contribution in [0.1, 0.15) is 48.2 Å². The lowest BCUT2D eigenvalue weighted by molar-refractivity contribution is 0.0602. The topological polar surface area (TPSA) is 90.7 Å². The van der Waals surface area contributed by atoms with E-state index in [-0.39, 0.29) is 12.3 Å². The second-order valence-electron chi connectivity index (χ2n) is 6.62. The molecule has 152 valence electrons. The van der Waals surface area contributed by atoms with E-state index in [0.29, 0.717) is 21.9 Å². The Morgan fingerprint density at radius 2 is 1.86 bits per heavy atom. The molecule has 29 heavy (non-hydrogen) atoms. The molecule has 0 unspecified atom stereocenters. The number of hydrogen-bond acceptors (Lipinski definition) is 7. The Bertz CT molecular complexity index is 1050. The molecule has 3 aromatic rings. The van der Waals surface area contributed by atoms with Crippen LogP contribution in [0.4, 0.5) is 5.00 Å². The molecule has 0 saturated carbocycles. The van der Waals surface area contributed by atoms with E-state index in [1.165, 1.54) is 18.4 Å². The highest BCUT2D eigenvalue weighted by Gasteiger charge is 2.24. The van der Waals surface area contributed by atoms with Crippen molar-refractivity contribution in [3.63, 3.8) is 0 Å². The van der Waals surface area contributed by atoms with Gasteiger partial charge in [-0.25, -0.2) is 4.79 Å². The number of para-hydroxylation sites is 1. The highest BCUT2D eigenvalue weighted by Crippen LogP contribution is 2.29. The number of carbonyl (C=O) groups is 2. The minimum atomic E-state index is -0.514. The van der Waals surface area contributed by atoms with E-state index in [1.807, 2.05) is 39.0 Å². The third-order valence-corrected chi connectivity index (χ3v) is 5.42. The molecule has 0 radical (unpaired) electrons. The van der Waals surface area contributed by atoms with Gasteiger partial charge in [0.15, 0.2) is 5.69 Å². The number of benzene rings is 1. The molecule has 0 aliphatic heterocycles. The van der Waals surface area contributed by atoms with Crippen LogP contribution in [-0.4, -0.2) is 24.1 Å². The molecule has 1 aromatic carbocycles. The van der Waals surface area contributed by atoms with Gasteiger partial charge in [0.25, 0.3) is 5.91 Å². The smallest absolute Gasteiger partial charge is 0.340 e. The number of aromatic nitrogens is 1. The number of aryl methyl sites for hydroxylation is 4. The maximum atomic E-state index is 12.8. The zero-order chi connectivity index (χ0) is 21.1. The van der Waals surface area contributed by atoms with E-state index in [9.17, 15) is 9.59 Å². The van der Waals surface area contributed by atoms with Gasteiger partial charge in [0.05, 0.1) is 18.2 Å². The van der Waals surface area contributed by atoms with Gasteiger partial charge in [-0.15, -0.1) is 11.3 Å². The lowest BCUT2D eigenvalue weighted by Crippen LogP contribution is -2.16. The minimum absolute atomic E-state index is 0.121. The summed E-state index contributed by atoms with van der Waals surface area (Å²) in [4.78, 5) is 25.6. The number of ether oxygens (including phenoxy) is 2. The van der Waals surface area contributed by atoms with E-state index in [1.54, 1.807) is 13.0 Å². The second kappa shape index (κ2) is 8.48. The number of rotatable bonds is 6. The number of anilines is 1. The Labute approximate surface area is 172 Å². The normalized spacial score (nSPS) is 10.7. The van der Waals surface area contributed by atoms with Gasteiger partial charge < -0.3 is 19.3 Å². The van der Waals surface area contributed by atoms with Crippen LogP contribution in [0.2, 0.25) is 0 Å². The van der Waals surface area contributed by atoms with Crippen LogP contribution in [0.5, 0.6) is 5.75 Å². The molecule has 7 nitrogen and oxygen atoms in total. The summed E-state index contributed by atoms with van der Waals surface area (Å²) in [5, 5.41) is 7.03. The molecule has 8 heteroatoms. The first-order valence-corrected chi connectivity index (χ1v) is 9.77. The first-order valence-electron chi connectivity index (χ1n) is 8.96. The summed E-state index contributed by atoms with van der Waals surface area (Å²) >= 11 is 1.29. The summed E-state index contributed by atoms with van der Waals surface area (Å²) in [5.74, 6) is 0.270. The van der Waals surface area contributed by atoms with Crippen molar-refractivity contribution in [2.75, 3.05) is 12.4 Å². The van der Waals surface area contributed by atoms with Gasteiger partial charge in [-0.3, -0.25) is 4.79 Å². The highest BCUT2D eigenvalue weighted by molar-refractivity contribution is 7.16. The number of amides is 1. The number of esters is 1. The molecule has 1 amide bonds. The zero-order valence-corrected chi connectivity index (χ0v) is 17.7. The third-order valence-electron chi connectivity index (χ3n) is 4.46. The van der Waals surface area contributed by atoms with Crippen molar-refractivity contribution in [3.05, 3.63) is 62.9 Å². The van der Waals surface area contributed by atoms with Gasteiger partial charge in [-0.05, 0) is 44.9 Å². The summed E-state index contributed by atoms with van der Waals surface area (Å²) in [7, 11) is 1.30. The molecular weight excluding hydrogens is 392 g/mol. The molecule has 2 aromatic heterocycles. The summed E-state index contributed by atoms with van der Waals surface area (Å²) in [6.07, 6.45) is 0. The van der Waals surface area contributed by atoms with E-state index >= 15 is 0 Å². The molecule has 0 fully saturated rings. The van der Waals surface area contributed by atoms with Crippen LogP contribution in [0.25, 0.3) is 0 Å². The van der Waals surface area contributed by atoms with Gasteiger partial charge in [0.1, 0.15) is 23.1 Å². The zero-order valence-electron chi connectivity index (χ0n) is 16.9. The fourth-order valence-electron chi connectivity index (χ4n) is 2.94. The highest BCUT2D eigenvalue weighted by atomic mass is 32.1. The number of thiophene rings is 1. The van der Waals surface area contributed by atoms with Crippen molar-refractivity contribution in [2.24, 2.45) is 0 Å². The van der Waals surface area contributed by atoms with Crippen molar-refractivity contribution >= 4 is 28.2 Å². The third kappa shape index (κ3) is 4.32. The molecule has 0 aliphatic rings. The molecule has 0 atom stereocenters. The maximum absolute atomic E-state index is 12.8. The molecule has 3 rings (SSSR count). The number of methoxy groups -OCH3 is 1. The van der Waals surface area contributed by atoms with E-state index in [4.69, 9.17) is 14.0 Å². The minimum Gasteiger partial charge on any atom is -0.488 e. The largest absolute Gasteiger partial charge is 0.488 e. The van der Waals surface area contributed by atoms with Crippen LogP contribution < -0.4 is 10.1 Å². The first-order chi connectivity index (χ1) is 13.8. The van der Waals surface area contributed by atoms with Crippen molar-refractivity contribution < 1.29 is 23.6 Å². The Kier molecular flexibility index (Phi) is 6.03. The number of hydrogen-bond donors (Lipinski definition) is 1. The van der Waals surface area contributed by atoms with Crippen molar-refractivity contribution in [2.45, 2.75) is 34.3 Å². The Hall–Kier alpha value is -3.13. The molecular formula is C21H22N2O5S. The predicted molar refractivity (Wildman–Crippen MR) is 110 cm³/mol. The van der Waals surface area contributed by atoms with Crippen LogP contribution in [0, 0.1) is 27.7 Å². The summed E-state index contributed by atoms with van der Waals surface area (Å²) < 4.78 is 16.0. The van der Waals surface area contributed by atoms with Gasteiger partial charge in [-0.2, -0.15) is 0 Å². The van der Waals surface area contributed by atoms with Crippen molar-refractivity contribution in [3.8, 4) is 5.75 Å². The van der Waals surface area contributed by atoms with Gasteiger partial charge in [0, 0.05) is 4.88 Å². The van der Waals surface area contributed by atoms with E-state index in [2.05, 4.69) is 10.5 Å². The average molecular weight is 414 g/mol. The van der Waals surface area contributed by atoms with Crippen LogP contribution in [0.15, 0.2) is 28.8 Å². The molecule has 0 spiro atoms. The predicted octanol–water partition coefficient (Wildman–Crippen LogP) is 4.59.